The molecular formula is C16H21N5O2. The monoisotopic (exact) mass is 315 g/mol. The Morgan fingerprint density at radius 1 is 1.43 bits per heavy atom. The van der Waals surface area contributed by atoms with Crippen LogP contribution in [0.1, 0.15) is 34.9 Å². The Kier molecular flexibility index (Phi) is 4.55. The molecule has 0 saturated carbocycles. The zero-order chi connectivity index (χ0) is 16.2. The average Bonchev–Trinajstić information content (AvgIpc) is 3.01. The lowest BCUT2D eigenvalue weighted by atomic mass is 9.93. The van der Waals surface area contributed by atoms with Gasteiger partial charge in [-0.1, -0.05) is 0 Å². The molecule has 1 atom stereocenters. The molecule has 1 amide bonds. The fraction of sp³-hybridized carbons (Fsp3) is 0.500. The summed E-state index contributed by atoms with van der Waals surface area (Å²) in [6.07, 6.45) is 7.71. The van der Waals surface area contributed by atoms with Gasteiger partial charge in [0.25, 0.3) is 5.91 Å². The summed E-state index contributed by atoms with van der Waals surface area (Å²) >= 11 is 0. The lowest BCUT2D eigenvalue weighted by Crippen LogP contribution is -2.40. The zero-order valence-corrected chi connectivity index (χ0v) is 13.5. The maximum Gasteiger partial charge on any atom is 0.275 e. The average molecular weight is 315 g/mol. The zero-order valence-electron chi connectivity index (χ0n) is 13.5. The maximum atomic E-state index is 12.5. The summed E-state index contributed by atoms with van der Waals surface area (Å²) in [6, 6.07) is 0. The SMILES string of the molecule is CNc1nccnc1C[C@H]1CCCN(C(=O)c2coc(C)n2)C1. The molecule has 1 aliphatic heterocycles. The molecule has 3 heterocycles. The normalized spacial score (nSPS) is 18.0. The predicted molar refractivity (Wildman–Crippen MR) is 85.2 cm³/mol. The lowest BCUT2D eigenvalue weighted by Gasteiger charge is -2.32. The van der Waals surface area contributed by atoms with Gasteiger partial charge in [-0.3, -0.25) is 9.78 Å². The summed E-state index contributed by atoms with van der Waals surface area (Å²) in [5.74, 6) is 1.65. The van der Waals surface area contributed by atoms with Crippen molar-refractivity contribution < 1.29 is 9.21 Å². The van der Waals surface area contributed by atoms with E-state index < -0.39 is 0 Å². The number of rotatable bonds is 4. The molecule has 0 aromatic carbocycles. The summed E-state index contributed by atoms with van der Waals surface area (Å²) in [6.45, 7) is 3.22. The van der Waals surface area contributed by atoms with Gasteiger partial charge in [-0.15, -0.1) is 0 Å². The standard InChI is InChI=1S/C16H21N5O2/c1-11-20-14(10-23-11)16(22)21-7-3-4-12(9-21)8-13-15(17-2)19-6-5-18-13/h5-6,10,12H,3-4,7-9H2,1-2H3,(H,17,19)/t12-/m1/s1. The number of aryl methyl sites for hydroxylation is 1. The van der Waals surface area contributed by atoms with Gasteiger partial charge in [0.05, 0.1) is 5.69 Å². The number of carbonyl (C=O) groups is 1. The summed E-state index contributed by atoms with van der Waals surface area (Å²) in [5, 5.41) is 3.07. The number of aromatic nitrogens is 3. The van der Waals surface area contributed by atoms with Crippen molar-refractivity contribution in [1.29, 1.82) is 0 Å². The molecule has 0 unspecified atom stereocenters. The maximum absolute atomic E-state index is 12.5. The Balaban J connectivity index is 1.67. The van der Waals surface area contributed by atoms with E-state index in [2.05, 4.69) is 20.3 Å². The van der Waals surface area contributed by atoms with Gasteiger partial charge in [-0.2, -0.15) is 0 Å². The second kappa shape index (κ2) is 6.76. The van der Waals surface area contributed by atoms with E-state index in [9.17, 15) is 4.79 Å². The smallest absolute Gasteiger partial charge is 0.275 e. The minimum absolute atomic E-state index is 0.0560. The van der Waals surface area contributed by atoms with E-state index in [1.165, 1.54) is 6.26 Å². The molecule has 0 radical (unpaired) electrons. The van der Waals surface area contributed by atoms with Crippen LogP contribution in [0, 0.1) is 12.8 Å². The Bertz CT molecular complexity index is 685. The first-order valence-electron chi connectivity index (χ1n) is 7.86. The summed E-state index contributed by atoms with van der Waals surface area (Å²) in [7, 11) is 1.84. The molecule has 1 N–H and O–H groups in total. The number of piperidine rings is 1. The van der Waals surface area contributed by atoms with E-state index >= 15 is 0 Å². The van der Waals surface area contributed by atoms with E-state index in [0.29, 0.717) is 24.0 Å². The molecule has 1 fully saturated rings. The predicted octanol–water partition coefficient (Wildman–Crippen LogP) is 1.91. The third kappa shape index (κ3) is 3.49. The van der Waals surface area contributed by atoms with Gasteiger partial charge in [0.1, 0.15) is 12.1 Å². The quantitative estimate of drug-likeness (QED) is 0.928. The van der Waals surface area contributed by atoms with Gasteiger partial charge >= 0.3 is 0 Å². The molecule has 3 rings (SSSR count). The fourth-order valence-corrected chi connectivity index (χ4v) is 3.04. The van der Waals surface area contributed by atoms with Gasteiger partial charge in [0.15, 0.2) is 11.6 Å². The van der Waals surface area contributed by atoms with Gasteiger partial charge < -0.3 is 14.6 Å². The molecule has 0 spiro atoms. The highest BCUT2D eigenvalue weighted by atomic mass is 16.3. The van der Waals surface area contributed by atoms with Crippen LogP contribution in [0.5, 0.6) is 0 Å². The van der Waals surface area contributed by atoms with E-state index in [1.807, 2.05) is 11.9 Å². The van der Waals surface area contributed by atoms with Crippen LogP contribution < -0.4 is 5.32 Å². The number of carbonyl (C=O) groups excluding carboxylic acids is 1. The van der Waals surface area contributed by atoms with Crippen LogP contribution in [0.25, 0.3) is 0 Å². The van der Waals surface area contributed by atoms with Crippen molar-refractivity contribution in [2.24, 2.45) is 5.92 Å². The van der Waals surface area contributed by atoms with Crippen LogP contribution in [0.15, 0.2) is 23.1 Å². The fourth-order valence-electron chi connectivity index (χ4n) is 3.04. The van der Waals surface area contributed by atoms with E-state index in [4.69, 9.17) is 4.42 Å². The Labute approximate surface area is 135 Å². The number of amides is 1. The number of nitrogens with one attached hydrogen (secondary N) is 1. The molecule has 1 saturated heterocycles. The van der Waals surface area contributed by atoms with Crippen LogP contribution in [0.2, 0.25) is 0 Å². The minimum Gasteiger partial charge on any atom is -0.448 e. The number of oxazole rings is 1. The van der Waals surface area contributed by atoms with E-state index in [1.54, 1.807) is 19.3 Å². The van der Waals surface area contributed by atoms with Crippen molar-refractivity contribution in [3.63, 3.8) is 0 Å². The van der Waals surface area contributed by atoms with Crippen LogP contribution in [0.3, 0.4) is 0 Å². The number of hydrogen-bond donors (Lipinski definition) is 1. The van der Waals surface area contributed by atoms with Crippen LogP contribution in [-0.2, 0) is 6.42 Å². The van der Waals surface area contributed by atoms with Crippen molar-refractivity contribution in [2.45, 2.75) is 26.2 Å². The van der Waals surface area contributed by atoms with Crippen LogP contribution in [0.4, 0.5) is 5.82 Å². The Morgan fingerprint density at radius 3 is 3.00 bits per heavy atom. The van der Waals surface area contributed by atoms with Crippen LogP contribution in [-0.4, -0.2) is 45.9 Å². The summed E-state index contributed by atoms with van der Waals surface area (Å²) in [5.41, 5.74) is 1.34. The van der Waals surface area contributed by atoms with Crippen molar-refractivity contribution in [3.05, 3.63) is 35.9 Å². The van der Waals surface area contributed by atoms with Gasteiger partial charge in [0.2, 0.25) is 0 Å². The molecular weight excluding hydrogens is 294 g/mol. The molecule has 0 aliphatic carbocycles. The molecule has 2 aromatic rings. The third-order valence-corrected chi connectivity index (χ3v) is 4.14. The summed E-state index contributed by atoms with van der Waals surface area (Å²) < 4.78 is 5.14. The lowest BCUT2D eigenvalue weighted by molar-refractivity contribution is 0.0667. The molecule has 23 heavy (non-hydrogen) atoms. The second-order valence-electron chi connectivity index (χ2n) is 5.82. The first-order chi connectivity index (χ1) is 11.2. The molecule has 2 aromatic heterocycles. The first kappa shape index (κ1) is 15.5. The second-order valence-corrected chi connectivity index (χ2v) is 5.82. The highest BCUT2D eigenvalue weighted by Gasteiger charge is 2.27. The highest BCUT2D eigenvalue weighted by Crippen LogP contribution is 2.23. The van der Waals surface area contributed by atoms with Gasteiger partial charge in [0, 0.05) is 39.5 Å². The summed E-state index contributed by atoms with van der Waals surface area (Å²) in [4.78, 5) is 27.2. The molecule has 7 nitrogen and oxygen atoms in total. The van der Waals surface area contributed by atoms with E-state index in [-0.39, 0.29) is 5.91 Å². The Hall–Kier alpha value is -2.44. The van der Waals surface area contributed by atoms with Crippen molar-refractivity contribution in [3.8, 4) is 0 Å². The number of nitrogens with zero attached hydrogens (tertiary/aromatic N) is 4. The molecule has 7 heteroatoms. The largest absolute Gasteiger partial charge is 0.448 e. The van der Waals surface area contributed by atoms with Gasteiger partial charge in [-0.05, 0) is 25.2 Å². The number of anilines is 1. The minimum atomic E-state index is -0.0560. The Morgan fingerprint density at radius 2 is 2.26 bits per heavy atom. The van der Waals surface area contributed by atoms with Crippen molar-refractivity contribution in [1.82, 2.24) is 19.9 Å². The van der Waals surface area contributed by atoms with Crippen LogP contribution >= 0.6 is 0 Å². The van der Waals surface area contributed by atoms with Crippen molar-refractivity contribution >= 4 is 11.7 Å². The van der Waals surface area contributed by atoms with Gasteiger partial charge in [-0.25, -0.2) is 9.97 Å². The third-order valence-electron chi connectivity index (χ3n) is 4.14. The molecule has 1 aliphatic rings. The number of hydrogen-bond acceptors (Lipinski definition) is 6. The van der Waals surface area contributed by atoms with E-state index in [0.717, 1.165) is 37.3 Å². The first-order valence-corrected chi connectivity index (χ1v) is 7.86. The molecule has 122 valence electrons. The topological polar surface area (TPSA) is 84.2 Å². The van der Waals surface area contributed by atoms with Crippen molar-refractivity contribution in [2.75, 3.05) is 25.5 Å². The number of likely N-dealkylation sites (tertiary alicyclic amines) is 1. The molecule has 0 bridgehead atoms. The highest BCUT2D eigenvalue weighted by molar-refractivity contribution is 5.92.